The van der Waals surface area contributed by atoms with Crippen molar-refractivity contribution in [3.63, 3.8) is 0 Å². The molecule has 0 heterocycles. The van der Waals surface area contributed by atoms with Gasteiger partial charge in [-0.15, -0.1) is 0 Å². The highest BCUT2D eigenvalue weighted by Gasteiger charge is 2.08. The molecule has 0 unspecified atom stereocenters. The molecule has 0 atom stereocenters. The van der Waals surface area contributed by atoms with Crippen LogP contribution in [0, 0.1) is 0 Å². The average Bonchev–Trinajstić information content (AvgIpc) is 2.69. The summed E-state index contributed by atoms with van der Waals surface area (Å²) < 4.78 is 17.9. The van der Waals surface area contributed by atoms with Crippen molar-refractivity contribution < 1.29 is 38.1 Å². The lowest BCUT2D eigenvalue weighted by Gasteiger charge is -2.00. The van der Waals surface area contributed by atoms with Crippen LogP contribution in [0.4, 0.5) is 0 Å². The van der Waals surface area contributed by atoms with Crippen molar-refractivity contribution in [1.82, 2.24) is 0 Å². The van der Waals surface area contributed by atoms with Crippen molar-refractivity contribution in [3.8, 4) is 0 Å². The van der Waals surface area contributed by atoms with Gasteiger partial charge in [-0.3, -0.25) is 9.59 Å². The molecule has 8 nitrogen and oxygen atoms in total. The van der Waals surface area contributed by atoms with E-state index in [1.54, 1.807) is 0 Å². The Morgan fingerprint density at radius 1 is 0.615 bits per heavy atom. The maximum Gasteiger partial charge on any atom is 0.337 e. The molecule has 1 aromatic rings. The highest BCUT2D eigenvalue weighted by atomic mass is 16.5. The molecule has 0 radical (unpaired) electrons. The number of carbonyl (C=O) groups excluding carboxylic acids is 4. The third kappa shape index (κ3) is 9.41. The van der Waals surface area contributed by atoms with Crippen LogP contribution in [-0.4, -0.2) is 52.3 Å². The van der Waals surface area contributed by atoms with E-state index in [9.17, 15) is 19.2 Å². The Morgan fingerprint density at radius 3 is 1.15 bits per heavy atom. The third-order valence-electron chi connectivity index (χ3n) is 3.19. The van der Waals surface area contributed by atoms with Gasteiger partial charge in [-0.2, -0.15) is 0 Å². The van der Waals surface area contributed by atoms with Crippen molar-refractivity contribution >= 4 is 23.9 Å². The predicted octanol–water partition coefficient (Wildman–Crippen LogP) is 2.15. The number of methoxy groups -OCH3 is 4. The Balaban J connectivity index is 0.000000488. The molecule has 0 aromatic heterocycles. The van der Waals surface area contributed by atoms with Crippen LogP contribution < -0.4 is 0 Å². The molecule has 0 spiro atoms. The quantitative estimate of drug-likeness (QED) is 0.409. The molecule has 26 heavy (non-hydrogen) atoms. The molecule has 144 valence electrons. The lowest BCUT2D eigenvalue weighted by Crippen LogP contribution is -2.04. The summed E-state index contributed by atoms with van der Waals surface area (Å²) in [6.07, 6.45) is 2.07. The number of benzene rings is 1. The first-order valence-corrected chi connectivity index (χ1v) is 7.79. The highest BCUT2D eigenvalue weighted by Crippen LogP contribution is 2.06. The maximum absolute atomic E-state index is 11.0. The second kappa shape index (κ2) is 13.4. The molecule has 0 amide bonds. The van der Waals surface area contributed by atoms with Crippen molar-refractivity contribution in [2.24, 2.45) is 0 Å². The molecular weight excluding hydrogens is 344 g/mol. The summed E-state index contributed by atoms with van der Waals surface area (Å²) in [4.78, 5) is 43.2. The second-order valence-electron chi connectivity index (χ2n) is 4.92. The first-order chi connectivity index (χ1) is 12.4. The van der Waals surface area contributed by atoms with E-state index in [0.717, 1.165) is 0 Å². The van der Waals surface area contributed by atoms with Crippen LogP contribution in [0.15, 0.2) is 24.3 Å². The van der Waals surface area contributed by atoms with Crippen LogP contribution in [0.2, 0.25) is 0 Å². The molecule has 0 saturated carbocycles. The molecule has 0 fully saturated rings. The Kier molecular flexibility index (Phi) is 11.9. The van der Waals surface area contributed by atoms with Gasteiger partial charge in [-0.25, -0.2) is 9.59 Å². The fourth-order valence-corrected chi connectivity index (χ4v) is 1.72. The minimum absolute atomic E-state index is 0.236. The minimum atomic E-state index is -0.429. The Labute approximate surface area is 152 Å². The maximum atomic E-state index is 11.0. The molecule has 8 heteroatoms. The number of hydrogen-bond acceptors (Lipinski definition) is 8. The molecule has 0 aliphatic heterocycles. The molecule has 0 aliphatic carbocycles. The van der Waals surface area contributed by atoms with Crippen molar-refractivity contribution in [2.45, 2.75) is 25.7 Å². The van der Waals surface area contributed by atoms with E-state index < -0.39 is 11.9 Å². The molecule has 0 saturated heterocycles. The molecule has 1 aromatic carbocycles. The number of ether oxygens (including phenoxy) is 4. The minimum Gasteiger partial charge on any atom is -0.469 e. The Morgan fingerprint density at radius 2 is 0.923 bits per heavy atom. The summed E-state index contributed by atoms with van der Waals surface area (Å²) in [7, 11) is 5.30. The Hall–Kier alpha value is -2.90. The first-order valence-electron chi connectivity index (χ1n) is 7.79. The smallest absolute Gasteiger partial charge is 0.337 e. The summed E-state index contributed by atoms with van der Waals surface area (Å²) in [6, 6.07) is 6.05. The summed E-state index contributed by atoms with van der Waals surface area (Å²) >= 11 is 0. The topological polar surface area (TPSA) is 105 Å². The number of rotatable bonds is 7. The van der Waals surface area contributed by atoms with Crippen LogP contribution in [0.1, 0.15) is 46.4 Å². The number of carbonyl (C=O) groups is 4. The van der Waals surface area contributed by atoms with Crippen LogP contribution in [-0.2, 0) is 28.5 Å². The number of unbranched alkanes of at least 4 members (excludes halogenated alkanes) is 1. The molecular formula is C18H24O8. The lowest BCUT2D eigenvalue weighted by atomic mass is 10.1. The fourth-order valence-electron chi connectivity index (χ4n) is 1.72. The molecule has 0 N–H and O–H groups in total. The van der Waals surface area contributed by atoms with Gasteiger partial charge in [0.15, 0.2) is 0 Å². The summed E-state index contributed by atoms with van der Waals surface area (Å²) in [5.74, 6) is -1.33. The zero-order chi connectivity index (χ0) is 19.9. The van der Waals surface area contributed by atoms with Crippen LogP contribution in [0.5, 0.6) is 0 Å². The van der Waals surface area contributed by atoms with Gasteiger partial charge in [0, 0.05) is 12.8 Å². The second-order valence-corrected chi connectivity index (χ2v) is 4.92. The predicted molar refractivity (Wildman–Crippen MR) is 91.6 cm³/mol. The largest absolute Gasteiger partial charge is 0.469 e. The van der Waals surface area contributed by atoms with Crippen LogP contribution >= 0.6 is 0 Å². The first kappa shape index (κ1) is 23.1. The summed E-state index contributed by atoms with van der Waals surface area (Å²) in [6.45, 7) is 0. The number of hydrogen-bond donors (Lipinski definition) is 0. The van der Waals surface area contributed by atoms with E-state index in [1.807, 2.05) is 0 Å². The highest BCUT2D eigenvalue weighted by molar-refractivity contribution is 5.93. The zero-order valence-corrected chi connectivity index (χ0v) is 15.4. The third-order valence-corrected chi connectivity index (χ3v) is 3.19. The van der Waals surface area contributed by atoms with Gasteiger partial charge in [0.25, 0.3) is 0 Å². The van der Waals surface area contributed by atoms with Crippen LogP contribution in [0.3, 0.4) is 0 Å². The van der Waals surface area contributed by atoms with Gasteiger partial charge < -0.3 is 18.9 Å². The van der Waals surface area contributed by atoms with Crippen molar-refractivity contribution in [3.05, 3.63) is 35.4 Å². The van der Waals surface area contributed by atoms with Gasteiger partial charge in [-0.05, 0) is 37.1 Å². The van der Waals surface area contributed by atoms with Gasteiger partial charge in [0.05, 0.1) is 39.6 Å². The fraction of sp³-hybridized carbons (Fsp3) is 0.444. The normalized spacial score (nSPS) is 9.23. The molecule has 0 bridgehead atoms. The average molecular weight is 368 g/mol. The van der Waals surface area contributed by atoms with E-state index in [0.29, 0.717) is 36.8 Å². The van der Waals surface area contributed by atoms with Gasteiger partial charge in [-0.1, -0.05) is 0 Å². The van der Waals surface area contributed by atoms with Crippen LogP contribution in [0.25, 0.3) is 0 Å². The van der Waals surface area contributed by atoms with Gasteiger partial charge in [0.2, 0.25) is 0 Å². The van der Waals surface area contributed by atoms with E-state index in [-0.39, 0.29) is 11.9 Å². The molecule has 1 rings (SSSR count). The Bertz CT molecular complexity index is 539. The van der Waals surface area contributed by atoms with Crippen molar-refractivity contribution in [1.29, 1.82) is 0 Å². The van der Waals surface area contributed by atoms with Gasteiger partial charge >= 0.3 is 23.9 Å². The summed E-state index contributed by atoms with van der Waals surface area (Å²) in [5, 5.41) is 0. The van der Waals surface area contributed by atoms with Crippen molar-refractivity contribution in [2.75, 3.05) is 28.4 Å². The summed E-state index contributed by atoms with van der Waals surface area (Å²) in [5.41, 5.74) is 0.806. The zero-order valence-electron chi connectivity index (χ0n) is 15.4. The number of esters is 4. The van der Waals surface area contributed by atoms with E-state index in [2.05, 4.69) is 18.9 Å². The van der Waals surface area contributed by atoms with Gasteiger partial charge in [0.1, 0.15) is 0 Å². The SMILES string of the molecule is COC(=O)CCCCC(=O)OC.COC(=O)c1ccc(C(=O)OC)cc1. The van der Waals surface area contributed by atoms with E-state index >= 15 is 0 Å². The standard InChI is InChI=1S/C10H10O4.C8H14O4/c1-13-9(11)7-3-5-8(6-4-7)10(12)14-2;1-11-7(9)5-3-4-6-8(10)12-2/h3-6H,1-2H3;3-6H2,1-2H3. The van der Waals surface area contributed by atoms with E-state index in [1.165, 1.54) is 52.7 Å². The lowest BCUT2D eigenvalue weighted by molar-refractivity contribution is -0.142. The molecule has 0 aliphatic rings. The monoisotopic (exact) mass is 368 g/mol. The van der Waals surface area contributed by atoms with E-state index in [4.69, 9.17) is 0 Å².